The summed E-state index contributed by atoms with van der Waals surface area (Å²) in [6, 6.07) is 0. The average molecular weight is 171 g/mol. The third-order valence-electron chi connectivity index (χ3n) is 3.36. The Labute approximate surface area is 73.9 Å². The van der Waals surface area contributed by atoms with Crippen molar-refractivity contribution in [3.05, 3.63) is 0 Å². The third-order valence-corrected chi connectivity index (χ3v) is 3.36. The first-order chi connectivity index (χ1) is 5.59. The molecule has 0 spiro atoms. The zero-order chi connectivity index (χ0) is 8.77. The molecule has 2 aliphatic rings. The molecule has 12 heavy (non-hydrogen) atoms. The minimum Gasteiger partial charge on any atom is -0.300 e. The summed E-state index contributed by atoms with van der Waals surface area (Å²) in [4.78, 5) is 2.29. The maximum Gasteiger partial charge on any atom is 0.123 e. The Hall–Kier alpha value is -0.110. The topological polar surface area (TPSA) is 3.24 Å². The highest BCUT2D eigenvalue weighted by Crippen LogP contribution is 2.41. The van der Waals surface area contributed by atoms with Crippen molar-refractivity contribution in [2.24, 2.45) is 11.8 Å². The van der Waals surface area contributed by atoms with Crippen molar-refractivity contribution in [1.82, 2.24) is 4.90 Å². The first-order valence-electron chi connectivity index (χ1n) is 5.00. The number of nitrogens with zero attached hydrogens (tertiary/aromatic N) is 1. The van der Waals surface area contributed by atoms with Crippen molar-refractivity contribution in [2.45, 2.75) is 32.4 Å². The lowest BCUT2D eigenvalue weighted by molar-refractivity contribution is 0.197. The Bertz CT molecular complexity index is 167. The van der Waals surface area contributed by atoms with Crippen LogP contribution in [0.2, 0.25) is 0 Å². The molecule has 1 nitrogen and oxygen atoms in total. The summed E-state index contributed by atoms with van der Waals surface area (Å²) in [5, 5.41) is 0. The molecule has 2 atom stereocenters. The van der Waals surface area contributed by atoms with E-state index in [0.29, 0.717) is 6.54 Å². The molecule has 1 saturated heterocycles. The van der Waals surface area contributed by atoms with E-state index in [4.69, 9.17) is 0 Å². The van der Waals surface area contributed by atoms with Gasteiger partial charge >= 0.3 is 0 Å². The molecular weight excluding hydrogens is 153 g/mol. The van der Waals surface area contributed by atoms with Crippen molar-refractivity contribution in [1.29, 1.82) is 0 Å². The SMILES string of the molecule is CC1CN(CC2(F)CC2)CC1C. The minimum atomic E-state index is -0.788. The van der Waals surface area contributed by atoms with E-state index in [2.05, 4.69) is 18.7 Å². The van der Waals surface area contributed by atoms with Crippen molar-refractivity contribution < 1.29 is 4.39 Å². The third kappa shape index (κ3) is 1.63. The number of hydrogen-bond donors (Lipinski definition) is 0. The lowest BCUT2D eigenvalue weighted by Gasteiger charge is -2.17. The van der Waals surface area contributed by atoms with Gasteiger partial charge in [0.1, 0.15) is 5.67 Å². The molecule has 2 fully saturated rings. The molecule has 1 aliphatic carbocycles. The Balaban J connectivity index is 1.83. The summed E-state index contributed by atoms with van der Waals surface area (Å²) < 4.78 is 13.4. The van der Waals surface area contributed by atoms with Gasteiger partial charge in [-0.2, -0.15) is 0 Å². The predicted octanol–water partition coefficient (Wildman–Crippen LogP) is 2.08. The van der Waals surface area contributed by atoms with E-state index in [9.17, 15) is 4.39 Å². The summed E-state index contributed by atoms with van der Waals surface area (Å²) in [5.41, 5.74) is -0.788. The van der Waals surface area contributed by atoms with E-state index < -0.39 is 5.67 Å². The predicted molar refractivity (Wildman–Crippen MR) is 47.8 cm³/mol. The standard InChI is InChI=1S/C10H18FN/c1-8-5-12(6-9(8)2)7-10(11)3-4-10/h8-9H,3-7H2,1-2H3. The molecule has 1 heterocycles. The van der Waals surface area contributed by atoms with E-state index in [0.717, 1.165) is 37.8 Å². The number of rotatable bonds is 2. The largest absolute Gasteiger partial charge is 0.300 e. The van der Waals surface area contributed by atoms with Crippen molar-refractivity contribution >= 4 is 0 Å². The molecule has 0 N–H and O–H groups in total. The summed E-state index contributed by atoms with van der Waals surface area (Å²) in [6.07, 6.45) is 1.60. The second kappa shape index (κ2) is 2.69. The molecule has 1 saturated carbocycles. The van der Waals surface area contributed by atoms with E-state index in [1.165, 1.54) is 0 Å². The van der Waals surface area contributed by atoms with Gasteiger partial charge in [-0.05, 0) is 24.7 Å². The maximum atomic E-state index is 13.4. The number of halogens is 1. The smallest absolute Gasteiger partial charge is 0.123 e. The van der Waals surface area contributed by atoms with Gasteiger partial charge in [0.15, 0.2) is 0 Å². The zero-order valence-corrected chi connectivity index (χ0v) is 8.02. The monoisotopic (exact) mass is 171 g/mol. The average Bonchev–Trinajstić information content (AvgIpc) is 2.59. The maximum absolute atomic E-state index is 13.4. The highest BCUT2D eigenvalue weighted by Gasteiger charge is 2.45. The van der Waals surface area contributed by atoms with Crippen LogP contribution in [0.4, 0.5) is 4.39 Å². The van der Waals surface area contributed by atoms with Crippen LogP contribution in [0.25, 0.3) is 0 Å². The van der Waals surface area contributed by atoms with Gasteiger partial charge in [0, 0.05) is 19.6 Å². The fraction of sp³-hybridized carbons (Fsp3) is 1.00. The fourth-order valence-corrected chi connectivity index (χ4v) is 2.07. The number of alkyl halides is 1. The minimum absolute atomic E-state index is 0.696. The van der Waals surface area contributed by atoms with Gasteiger partial charge in [-0.25, -0.2) is 4.39 Å². The number of hydrogen-bond acceptors (Lipinski definition) is 1. The lowest BCUT2D eigenvalue weighted by Crippen LogP contribution is -2.29. The first kappa shape index (κ1) is 8.49. The quantitative estimate of drug-likeness (QED) is 0.615. The Morgan fingerprint density at radius 1 is 1.25 bits per heavy atom. The highest BCUT2D eigenvalue weighted by molar-refractivity contribution is 4.98. The van der Waals surface area contributed by atoms with Gasteiger partial charge in [-0.15, -0.1) is 0 Å². The Kier molecular flexibility index (Phi) is 1.90. The Morgan fingerprint density at radius 3 is 2.17 bits per heavy atom. The number of likely N-dealkylation sites (tertiary alicyclic amines) is 1. The van der Waals surface area contributed by atoms with Crippen LogP contribution < -0.4 is 0 Å². The van der Waals surface area contributed by atoms with Crippen LogP contribution in [0, 0.1) is 11.8 Å². The van der Waals surface area contributed by atoms with Crippen LogP contribution in [-0.2, 0) is 0 Å². The second-order valence-electron chi connectivity index (χ2n) is 4.80. The molecule has 2 unspecified atom stereocenters. The fourth-order valence-electron chi connectivity index (χ4n) is 2.07. The zero-order valence-electron chi connectivity index (χ0n) is 8.02. The molecule has 0 aromatic carbocycles. The molecule has 1 aliphatic heterocycles. The summed E-state index contributed by atoms with van der Waals surface area (Å²) in [7, 11) is 0. The van der Waals surface area contributed by atoms with Crippen LogP contribution in [0.15, 0.2) is 0 Å². The molecule has 0 aromatic rings. The van der Waals surface area contributed by atoms with Crippen molar-refractivity contribution in [2.75, 3.05) is 19.6 Å². The van der Waals surface area contributed by atoms with E-state index in [1.54, 1.807) is 0 Å². The molecule has 0 bridgehead atoms. The second-order valence-corrected chi connectivity index (χ2v) is 4.80. The van der Waals surface area contributed by atoms with Gasteiger partial charge in [0.2, 0.25) is 0 Å². The molecule has 0 amide bonds. The molecule has 0 radical (unpaired) electrons. The summed E-state index contributed by atoms with van der Waals surface area (Å²) >= 11 is 0. The van der Waals surface area contributed by atoms with Crippen LogP contribution >= 0.6 is 0 Å². The van der Waals surface area contributed by atoms with Gasteiger partial charge in [0.05, 0.1) is 0 Å². The molecule has 2 heteroatoms. The normalized spacial score (nSPS) is 40.2. The first-order valence-corrected chi connectivity index (χ1v) is 5.00. The molecule has 70 valence electrons. The van der Waals surface area contributed by atoms with Crippen LogP contribution in [0.1, 0.15) is 26.7 Å². The van der Waals surface area contributed by atoms with E-state index in [-0.39, 0.29) is 0 Å². The van der Waals surface area contributed by atoms with Gasteiger partial charge in [0.25, 0.3) is 0 Å². The molecular formula is C10H18FN. The lowest BCUT2D eigenvalue weighted by atomic mass is 10.0. The van der Waals surface area contributed by atoms with Crippen LogP contribution in [0.3, 0.4) is 0 Å². The summed E-state index contributed by atoms with van der Waals surface area (Å²) in [6.45, 7) is 7.44. The molecule has 0 aromatic heterocycles. The summed E-state index contributed by atoms with van der Waals surface area (Å²) in [5.74, 6) is 1.51. The van der Waals surface area contributed by atoms with Crippen molar-refractivity contribution in [3.63, 3.8) is 0 Å². The van der Waals surface area contributed by atoms with Gasteiger partial charge in [-0.3, -0.25) is 4.90 Å². The molecule has 2 rings (SSSR count). The van der Waals surface area contributed by atoms with E-state index >= 15 is 0 Å². The van der Waals surface area contributed by atoms with E-state index in [1.807, 2.05) is 0 Å². The van der Waals surface area contributed by atoms with Crippen LogP contribution in [-0.4, -0.2) is 30.2 Å². The van der Waals surface area contributed by atoms with Gasteiger partial charge < -0.3 is 0 Å². The van der Waals surface area contributed by atoms with Crippen LogP contribution in [0.5, 0.6) is 0 Å². The van der Waals surface area contributed by atoms with Crippen molar-refractivity contribution in [3.8, 4) is 0 Å². The van der Waals surface area contributed by atoms with Gasteiger partial charge in [-0.1, -0.05) is 13.8 Å². The Morgan fingerprint density at radius 2 is 1.75 bits per heavy atom. The highest BCUT2D eigenvalue weighted by atomic mass is 19.1.